The highest BCUT2D eigenvalue weighted by Crippen LogP contribution is 2.19. The highest BCUT2D eigenvalue weighted by Gasteiger charge is 2.23. The third kappa shape index (κ3) is 5.41. The lowest BCUT2D eigenvalue weighted by Gasteiger charge is -2.09. The summed E-state index contributed by atoms with van der Waals surface area (Å²) in [6, 6.07) is 11.8. The normalized spacial score (nSPS) is 11.7. The van der Waals surface area contributed by atoms with Crippen LogP contribution in [-0.2, 0) is 9.59 Å². The number of ketones is 1. The average Bonchev–Trinajstić information content (AvgIpc) is 2.58. The Balaban J connectivity index is 2.10. The molecule has 0 radical (unpaired) electrons. The van der Waals surface area contributed by atoms with E-state index in [0.29, 0.717) is 22.7 Å². The summed E-state index contributed by atoms with van der Waals surface area (Å²) in [5.74, 6) is -1.07. The summed E-state index contributed by atoms with van der Waals surface area (Å²) < 4.78 is 0. The first kappa shape index (κ1) is 18.6. The minimum absolute atomic E-state index is 0.0599. The molecule has 0 aliphatic heterocycles. The zero-order valence-corrected chi connectivity index (χ0v) is 14.1. The lowest BCUT2D eigenvalue weighted by Crippen LogP contribution is -2.31. The second-order valence-corrected chi connectivity index (χ2v) is 5.39. The van der Waals surface area contributed by atoms with Crippen LogP contribution < -0.4 is 22.5 Å². The van der Waals surface area contributed by atoms with Gasteiger partial charge in [-0.05, 0) is 55.5 Å². The summed E-state index contributed by atoms with van der Waals surface area (Å²) in [6.07, 6.45) is 0. The van der Waals surface area contributed by atoms with Gasteiger partial charge in [0.25, 0.3) is 5.91 Å². The fourth-order valence-electron chi connectivity index (χ4n) is 1.96. The number of azo groups is 1. The van der Waals surface area contributed by atoms with Crippen LogP contribution in [0.3, 0.4) is 0 Å². The third-order valence-corrected chi connectivity index (χ3v) is 3.21. The van der Waals surface area contributed by atoms with Gasteiger partial charge >= 0.3 is 0 Å². The Morgan fingerprint density at radius 1 is 0.962 bits per heavy atom. The van der Waals surface area contributed by atoms with E-state index in [0.717, 1.165) is 0 Å². The predicted molar refractivity (Wildman–Crippen MR) is 100 cm³/mol. The minimum atomic E-state index is -1.26. The molecule has 2 rings (SSSR count). The Bertz CT molecular complexity index is 838. The number of nitrogen functional groups attached to an aromatic ring is 1. The van der Waals surface area contributed by atoms with Crippen LogP contribution >= 0.6 is 0 Å². The van der Waals surface area contributed by atoms with Crippen molar-refractivity contribution in [3.63, 3.8) is 0 Å². The van der Waals surface area contributed by atoms with Crippen LogP contribution in [0.5, 0.6) is 0 Å². The number of hydrogen-bond donors (Lipinski definition) is 4. The molecule has 1 amide bonds. The van der Waals surface area contributed by atoms with E-state index in [-0.39, 0.29) is 5.96 Å². The standard InChI is InChI=1S/C17H19N7O2/c1-10(25)15(16(26)21-12-4-2-11(18)3-5-12)24-23-14-8-6-13(7-9-14)22-17(19)20/h2-9,15H,18H2,1H3,(H,21,26)(H4,19,20,22). The Morgan fingerprint density at radius 2 is 1.54 bits per heavy atom. The quantitative estimate of drug-likeness (QED) is 0.204. The lowest BCUT2D eigenvalue weighted by molar-refractivity contribution is -0.126. The van der Waals surface area contributed by atoms with Gasteiger partial charge in [0, 0.05) is 11.4 Å². The molecule has 0 aliphatic carbocycles. The molecule has 1 atom stereocenters. The van der Waals surface area contributed by atoms with Gasteiger partial charge in [0.15, 0.2) is 11.7 Å². The molecule has 134 valence electrons. The van der Waals surface area contributed by atoms with Crippen LogP contribution in [0.4, 0.5) is 22.7 Å². The summed E-state index contributed by atoms with van der Waals surface area (Å²) in [5.41, 5.74) is 18.3. The third-order valence-electron chi connectivity index (χ3n) is 3.21. The summed E-state index contributed by atoms with van der Waals surface area (Å²) >= 11 is 0. The minimum Gasteiger partial charge on any atom is -0.399 e. The van der Waals surface area contributed by atoms with Crippen LogP contribution in [0, 0.1) is 0 Å². The molecular weight excluding hydrogens is 334 g/mol. The molecule has 0 aliphatic rings. The molecule has 0 saturated heterocycles. The van der Waals surface area contributed by atoms with Crippen LogP contribution in [0.25, 0.3) is 0 Å². The van der Waals surface area contributed by atoms with E-state index in [9.17, 15) is 9.59 Å². The molecule has 0 fully saturated rings. The molecule has 2 aromatic rings. The van der Waals surface area contributed by atoms with Gasteiger partial charge in [-0.3, -0.25) is 9.59 Å². The molecular formula is C17H19N7O2. The number of guanidine groups is 1. The maximum atomic E-state index is 12.3. The fourth-order valence-corrected chi connectivity index (χ4v) is 1.96. The number of nitrogens with zero attached hydrogens (tertiary/aromatic N) is 3. The van der Waals surface area contributed by atoms with E-state index in [1.54, 1.807) is 48.5 Å². The molecule has 7 N–H and O–H groups in total. The number of rotatable bonds is 6. The van der Waals surface area contributed by atoms with Gasteiger partial charge in [0.2, 0.25) is 6.04 Å². The maximum absolute atomic E-state index is 12.3. The van der Waals surface area contributed by atoms with Crippen molar-refractivity contribution in [2.45, 2.75) is 13.0 Å². The van der Waals surface area contributed by atoms with Crippen molar-refractivity contribution in [2.24, 2.45) is 26.7 Å². The highest BCUT2D eigenvalue weighted by atomic mass is 16.2. The number of carbonyl (C=O) groups excluding carboxylic acids is 2. The topological polar surface area (TPSA) is 161 Å². The van der Waals surface area contributed by atoms with Crippen molar-refractivity contribution in [3.05, 3.63) is 48.5 Å². The first-order chi connectivity index (χ1) is 12.3. The van der Waals surface area contributed by atoms with Gasteiger partial charge < -0.3 is 22.5 Å². The summed E-state index contributed by atoms with van der Waals surface area (Å²) in [5, 5.41) is 10.4. The molecule has 0 aromatic heterocycles. The summed E-state index contributed by atoms with van der Waals surface area (Å²) in [7, 11) is 0. The van der Waals surface area contributed by atoms with Crippen LogP contribution in [-0.4, -0.2) is 23.7 Å². The van der Waals surface area contributed by atoms with Crippen molar-refractivity contribution in [1.82, 2.24) is 0 Å². The van der Waals surface area contributed by atoms with Gasteiger partial charge in [0.05, 0.1) is 11.4 Å². The summed E-state index contributed by atoms with van der Waals surface area (Å²) in [6.45, 7) is 1.27. The van der Waals surface area contributed by atoms with E-state index >= 15 is 0 Å². The predicted octanol–water partition coefficient (Wildman–Crippen LogP) is 1.85. The van der Waals surface area contributed by atoms with Gasteiger partial charge in [-0.2, -0.15) is 10.2 Å². The van der Waals surface area contributed by atoms with Crippen LogP contribution in [0.15, 0.2) is 63.8 Å². The van der Waals surface area contributed by atoms with Crippen molar-refractivity contribution in [3.8, 4) is 0 Å². The number of Topliss-reactive ketones (excluding diaryl/α,β-unsaturated/α-hetero) is 1. The second kappa shape index (κ2) is 8.38. The molecule has 0 saturated carbocycles. The number of anilines is 2. The molecule has 0 spiro atoms. The smallest absolute Gasteiger partial charge is 0.258 e. The molecule has 9 heteroatoms. The van der Waals surface area contributed by atoms with Gasteiger partial charge in [-0.1, -0.05) is 0 Å². The molecule has 0 heterocycles. The Hall–Kier alpha value is -3.75. The molecule has 2 aromatic carbocycles. The number of benzene rings is 2. The number of nitrogens with two attached hydrogens (primary N) is 3. The van der Waals surface area contributed by atoms with Crippen LogP contribution in [0.2, 0.25) is 0 Å². The lowest BCUT2D eigenvalue weighted by atomic mass is 10.2. The van der Waals surface area contributed by atoms with Crippen molar-refractivity contribution < 1.29 is 9.59 Å². The van der Waals surface area contributed by atoms with E-state index in [2.05, 4.69) is 20.5 Å². The molecule has 26 heavy (non-hydrogen) atoms. The number of aliphatic imine (C=N–C) groups is 1. The number of hydrogen-bond acceptors (Lipinski definition) is 6. The second-order valence-electron chi connectivity index (χ2n) is 5.39. The molecule has 9 nitrogen and oxygen atoms in total. The SMILES string of the molecule is CC(=O)C(N=Nc1ccc(N=C(N)N)cc1)C(=O)Nc1ccc(N)cc1. The number of nitrogens with one attached hydrogen (secondary N) is 1. The first-order valence-corrected chi connectivity index (χ1v) is 7.62. The van der Waals surface area contributed by atoms with E-state index < -0.39 is 17.7 Å². The van der Waals surface area contributed by atoms with Gasteiger partial charge in [0.1, 0.15) is 0 Å². The molecule has 1 unspecified atom stereocenters. The Labute approximate surface area is 150 Å². The van der Waals surface area contributed by atoms with Crippen LogP contribution in [0.1, 0.15) is 6.92 Å². The fraction of sp³-hybridized carbons (Fsp3) is 0.118. The molecule has 0 bridgehead atoms. The van der Waals surface area contributed by atoms with Crippen molar-refractivity contribution in [1.29, 1.82) is 0 Å². The Kier molecular flexibility index (Phi) is 5.99. The van der Waals surface area contributed by atoms with Gasteiger partial charge in [-0.15, -0.1) is 0 Å². The summed E-state index contributed by atoms with van der Waals surface area (Å²) in [4.78, 5) is 27.9. The number of amides is 1. The Morgan fingerprint density at radius 3 is 2.08 bits per heavy atom. The van der Waals surface area contributed by atoms with E-state index in [4.69, 9.17) is 17.2 Å². The number of carbonyl (C=O) groups is 2. The average molecular weight is 353 g/mol. The largest absolute Gasteiger partial charge is 0.399 e. The van der Waals surface area contributed by atoms with E-state index in [1.807, 2.05) is 0 Å². The van der Waals surface area contributed by atoms with Crippen molar-refractivity contribution >= 4 is 40.4 Å². The zero-order valence-electron chi connectivity index (χ0n) is 14.1. The monoisotopic (exact) mass is 353 g/mol. The highest BCUT2D eigenvalue weighted by molar-refractivity contribution is 6.10. The van der Waals surface area contributed by atoms with Gasteiger partial charge in [-0.25, -0.2) is 4.99 Å². The van der Waals surface area contributed by atoms with E-state index in [1.165, 1.54) is 6.92 Å². The first-order valence-electron chi connectivity index (χ1n) is 7.62. The van der Waals surface area contributed by atoms with Crippen molar-refractivity contribution in [2.75, 3.05) is 11.1 Å². The maximum Gasteiger partial charge on any atom is 0.258 e. The zero-order chi connectivity index (χ0) is 19.1.